The van der Waals surface area contributed by atoms with Gasteiger partial charge in [0.1, 0.15) is 11.2 Å². The molecule has 0 saturated heterocycles. The molecule has 1 radical (unpaired) electrons. The minimum absolute atomic E-state index is 0. The first kappa shape index (κ1) is 24.8. The van der Waals surface area contributed by atoms with E-state index in [1.807, 2.05) is 61.8 Å². The number of aromatic nitrogens is 2. The van der Waals surface area contributed by atoms with Crippen molar-refractivity contribution in [3.05, 3.63) is 120 Å². The summed E-state index contributed by atoms with van der Waals surface area (Å²) in [6.07, 6.45) is 3.80. The Morgan fingerprint density at radius 2 is 1.43 bits per heavy atom. The molecule has 0 aliphatic carbocycles. The second-order valence-electron chi connectivity index (χ2n) is 9.05. The van der Waals surface area contributed by atoms with E-state index >= 15 is 0 Å². The van der Waals surface area contributed by atoms with Gasteiger partial charge in [0.2, 0.25) is 0 Å². The molecule has 0 N–H and O–H groups in total. The molecule has 0 fully saturated rings. The van der Waals surface area contributed by atoms with E-state index in [2.05, 4.69) is 72.3 Å². The van der Waals surface area contributed by atoms with Crippen molar-refractivity contribution >= 4 is 43.6 Å². The molecule has 0 aliphatic rings. The quantitative estimate of drug-likeness (QED) is 0.131. The predicted molar refractivity (Wildman–Crippen MR) is 148 cm³/mol. The Morgan fingerprint density at radius 1 is 0.676 bits per heavy atom. The SMILES string of the molecule is Cc1ccc(-c2[c-]cccc2)nc1.Cc1cnc2c(oc3c4ccccc4c4ccc[c-]c4c23)c1C.[Ir]. The normalized spacial score (nSPS) is 10.9. The largest absolute Gasteiger partial charge is 0.464 e. The van der Waals surface area contributed by atoms with Gasteiger partial charge in [-0.3, -0.25) is 4.98 Å². The first-order chi connectivity index (χ1) is 17.6. The second-order valence-corrected chi connectivity index (χ2v) is 9.05. The van der Waals surface area contributed by atoms with E-state index < -0.39 is 0 Å². The Kier molecular flexibility index (Phi) is 6.88. The maximum Gasteiger partial charge on any atom is 0.146 e. The molecular formula is C33H24IrN2O-2. The van der Waals surface area contributed by atoms with E-state index in [-0.39, 0.29) is 20.1 Å². The van der Waals surface area contributed by atoms with E-state index in [9.17, 15) is 0 Å². The van der Waals surface area contributed by atoms with Crippen LogP contribution in [-0.4, -0.2) is 9.97 Å². The van der Waals surface area contributed by atoms with Crippen molar-refractivity contribution in [2.45, 2.75) is 20.8 Å². The van der Waals surface area contributed by atoms with Gasteiger partial charge in [-0.05, 0) is 48.5 Å². The Morgan fingerprint density at radius 3 is 2.19 bits per heavy atom. The third kappa shape index (κ3) is 4.44. The number of benzene rings is 4. The molecule has 0 spiro atoms. The molecular weight excluding hydrogens is 633 g/mol. The van der Waals surface area contributed by atoms with E-state index in [1.165, 1.54) is 16.3 Å². The van der Waals surface area contributed by atoms with Crippen LogP contribution in [-0.2, 0) is 20.1 Å². The van der Waals surface area contributed by atoms with Crippen LogP contribution >= 0.6 is 0 Å². The van der Waals surface area contributed by atoms with Crippen LogP contribution in [0.2, 0.25) is 0 Å². The molecule has 0 saturated carbocycles. The van der Waals surface area contributed by atoms with E-state index in [4.69, 9.17) is 4.42 Å². The van der Waals surface area contributed by atoms with Gasteiger partial charge < -0.3 is 9.40 Å². The summed E-state index contributed by atoms with van der Waals surface area (Å²) in [6.45, 7) is 6.19. The summed E-state index contributed by atoms with van der Waals surface area (Å²) in [5.41, 5.74) is 8.23. The molecule has 7 aromatic rings. The molecule has 0 aliphatic heterocycles. The van der Waals surface area contributed by atoms with Gasteiger partial charge in [0.05, 0.1) is 5.52 Å². The molecule has 3 aromatic heterocycles. The first-order valence-corrected chi connectivity index (χ1v) is 12.0. The topological polar surface area (TPSA) is 38.9 Å². The summed E-state index contributed by atoms with van der Waals surface area (Å²) in [7, 11) is 0. The molecule has 0 bridgehead atoms. The molecule has 0 amide bonds. The zero-order chi connectivity index (χ0) is 24.6. The van der Waals surface area contributed by atoms with Gasteiger partial charge in [0.15, 0.2) is 0 Å². The maximum absolute atomic E-state index is 6.30. The van der Waals surface area contributed by atoms with E-state index in [0.29, 0.717) is 0 Å². The summed E-state index contributed by atoms with van der Waals surface area (Å²) in [6, 6.07) is 33.0. The van der Waals surface area contributed by atoms with Gasteiger partial charge in [-0.2, -0.15) is 0 Å². The maximum atomic E-state index is 6.30. The summed E-state index contributed by atoms with van der Waals surface area (Å²) in [4.78, 5) is 8.99. The average molecular weight is 657 g/mol. The van der Waals surface area contributed by atoms with Crippen molar-refractivity contribution in [2.75, 3.05) is 0 Å². The monoisotopic (exact) mass is 657 g/mol. The fourth-order valence-corrected chi connectivity index (χ4v) is 4.62. The molecule has 4 aromatic carbocycles. The summed E-state index contributed by atoms with van der Waals surface area (Å²) in [5.74, 6) is 0. The van der Waals surface area contributed by atoms with Crippen molar-refractivity contribution in [3.63, 3.8) is 0 Å². The van der Waals surface area contributed by atoms with Crippen LogP contribution in [0.15, 0.2) is 95.7 Å². The minimum Gasteiger partial charge on any atom is -0.464 e. The van der Waals surface area contributed by atoms with E-state index in [1.54, 1.807) is 0 Å². The van der Waals surface area contributed by atoms with Crippen LogP contribution < -0.4 is 0 Å². The van der Waals surface area contributed by atoms with Crippen LogP contribution in [0.1, 0.15) is 16.7 Å². The number of pyridine rings is 2. The average Bonchev–Trinajstić information content (AvgIpc) is 3.33. The number of hydrogen-bond donors (Lipinski definition) is 0. The van der Waals surface area contributed by atoms with Gasteiger partial charge in [0, 0.05) is 37.9 Å². The molecule has 3 heterocycles. The van der Waals surface area contributed by atoms with Crippen molar-refractivity contribution in [1.29, 1.82) is 0 Å². The Labute approximate surface area is 229 Å². The summed E-state index contributed by atoms with van der Waals surface area (Å²) < 4.78 is 6.30. The summed E-state index contributed by atoms with van der Waals surface area (Å²) in [5, 5.41) is 5.66. The van der Waals surface area contributed by atoms with Crippen molar-refractivity contribution < 1.29 is 24.5 Å². The van der Waals surface area contributed by atoms with Crippen LogP contribution in [0.4, 0.5) is 0 Å². The van der Waals surface area contributed by atoms with Crippen LogP contribution in [0.25, 0.3) is 54.9 Å². The first-order valence-electron chi connectivity index (χ1n) is 12.0. The number of aryl methyl sites for hydroxylation is 3. The smallest absolute Gasteiger partial charge is 0.146 e. The van der Waals surface area contributed by atoms with Gasteiger partial charge in [-0.15, -0.1) is 65.5 Å². The van der Waals surface area contributed by atoms with Crippen molar-refractivity contribution in [3.8, 4) is 11.3 Å². The zero-order valence-corrected chi connectivity index (χ0v) is 23.2. The molecule has 7 rings (SSSR count). The Balaban J connectivity index is 0.000000172. The Bertz CT molecular complexity index is 1860. The molecule has 4 heteroatoms. The van der Waals surface area contributed by atoms with Gasteiger partial charge >= 0.3 is 0 Å². The Hall–Kier alpha value is -3.85. The third-order valence-corrected chi connectivity index (χ3v) is 6.67. The second kappa shape index (κ2) is 10.3. The standard InChI is InChI=1S/C21H14NO.C12H10N.Ir/c1-12-11-22-19-18-16-9-5-3-7-14(16)15-8-4-6-10-17(15)21(18)23-20(19)13(12)2;1-10-7-8-12(13-9-10)11-5-3-2-4-6-11;/h3-8,10-11H,1-2H3;2-5,7-9H,1H3;/q2*-1;. The van der Waals surface area contributed by atoms with Crippen molar-refractivity contribution in [1.82, 2.24) is 9.97 Å². The number of furan rings is 1. The predicted octanol–water partition coefficient (Wildman–Crippen LogP) is 8.56. The number of fused-ring (bicyclic) bond motifs is 8. The van der Waals surface area contributed by atoms with Gasteiger partial charge in [-0.25, -0.2) is 0 Å². The van der Waals surface area contributed by atoms with E-state index in [0.717, 1.165) is 55.2 Å². The number of nitrogens with zero attached hydrogens (tertiary/aromatic N) is 2. The molecule has 37 heavy (non-hydrogen) atoms. The zero-order valence-electron chi connectivity index (χ0n) is 20.8. The third-order valence-electron chi connectivity index (χ3n) is 6.67. The van der Waals surface area contributed by atoms with Gasteiger partial charge in [-0.1, -0.05) is 47.2 Å². The fourth-order valence-electron chi connectivity index (χ4n) is 4.62. The van der Waals surface area contributed by atoms with Gasteiger partial charge in [0.25, 0.3) is 0 Å². The molecule has 0 unspecified atom stereocenters. The summed E-state index contributed by atoms with van der Waals surface area (Å²) >= 11 is 0. The number of rotatable bonds is 1. The molecule has 3 nitrogen and oxygen atoms in total. The minimum atomic E-state index is 0. The van der Waals surface area contributed by atoms with Crippen molar-refractivity contribution in [2.24, 2.45) is 0 Å². The fraction of sp³-hybridized carbons (Fsp3) is 0.0909. The molecule has 0 atom stereocenters. The molecule has 183 valence electrons. The van der Waals surface area contributed by atoms with Crippen LogP contribution in [0.5, 0.6) is 0 Å². The van der Waals surface area contributed by atoms with Crippen LogP contribution in [0.3, 0.4) is 0 Å². The number of hydrogen-bond acceptors (Lipinski definition) is 3. The van der Waals surface area contributed by atoms with Crippen LogP contribution in [0, 0.1) is 32.9 Å².